The van der Waals surface area contributed by atoms with Crippen LogP contribution in [-0.4, -0.2) is 17.1 Å². The van der Waals surface area contributed by atoms with Crippen LogP contribution in [0, 0.1) is 0 Å². The quantitative estimate of drug-likeness (QED) is 0.742. The third kappa shape index (κ3) is 4.21. The van der Waals surface area contributed by atoms with Crippen molar-refractivity contribution in [3.05, 3.63) is 29.8 Å². The predicted molar refractivity (Wildman–Crippen MR) is 81.2 cm³/mol. The second-order valence-corrected chi connectivity index (χ2v) is 5.28. The summed E-state index contributed by atoms with van der Waals surface area (Å²) in [5.41, 5.74) is 6.55. The van der Waals surface area contributed by atoms with E-state index in [0.29, 0.717) is 16.7 Å². The van der Waals surface area contributed by atoms with Gasteiger partial charge in [0.25, 0.3) is 0 Å². The highest BCUT2D eigenvalue weighted by Gasteiger charge is 2.13. The normalized spacial score (nSPS) is 15.8. The van der Waals surface area contributed by atoms with Gasteiger partial charge in [-0.3, -0.25) is 4.79 Å². The molecule has 0 saturated heterocycles. The summed E-state index contributed by atoms with van der Waals surface area (Å²) in [7, 11) is 0. The van der Waals surface area contributed by atoms with Gasteiger partial charge in [-0.15, -0.1) is 0 Å². The van der Waals surface area contributed by atoms with Crippen molar-refractivity contribution in [1.82, 2.24) is 5.32 Å². The minimum absolute atomic E-state index is 0.422. The van der Waals surface area contributed by atoms with E-state index >= 15 is 0 Å². The zero-order valence-corrected chi connectivity index (χ0v) is 11.6. The Bertz CT molecular complexity index is 452. The molecule has 1 aromatic carbocycles. The fourth-order valence-electron chi connectivity index (χ4n) is 2.32. The summed E-state index contributed by atoms with van der Waals surface area (Å²) in [6, 6.07) is 7.46. The summed E-state index contributed by atoms with van der Waals surface area (Å²) < 4.78 is 0. The number of hydrogen-bond donors (Lipinski definition) is 3. The molecule has 4 nitrogen and oxygen atoms in total. The van der Waals surface area contributed by atoms with E-state index in [-0.39, 0.29) is 0 Å². The minimum Gasteiger partial charge on any atom is -0.366 e. The van der Waals surface area contributed by atoms with Gasteiger partial charge in [-0.1, -0.05) is 19.3 Å². The molecule has 0 heterocycles. The highest BCUT2D eigenvalue weighted by atomic mass is 32.1. The number of nitrogens with one attached hydrogen (secondary N) is 2. The molecule has 1 aromatic rings. The third-order valence-electron chi connectivity index (χ3n) is 3.37. The van der Waals surface area contributed by atoms with Crippen LogP contribution < -0.4 is 16.4 Å². The van der Waals surface area contributed by atoms with Gasteiger partial charge in [-0.25, -0.2) is 0 Å². The SMILES string of the molecule is NC(=O)c1ccc(NC(=S)NC2CCCCC2)cc1. The molecule has 0 unspecified atom stereocenters. The van der Waals surface area contributed by atoms with Crippen LogP contribution in [0.4, 0.5) is 5.69 Å². The molecular weight excluding hydrogens is 258 g/mol. The van der Waals surface area contributed by atoms with E-state index in [0.717, 1.165) is 5.69 Å². The van der Waals surface area contributed by atoms with Gasteiger partial charge in [-0.2, -0.15) is 0 Å². The zero-order valence-electron chi connectivity index (χ0n) is 10.8. The van der Waals surface area contributed by atoms with Crippen molar-refractivity contribution < 1.29 is 4.79 Å². The summed E-state index contributed by atoms with van der Waals surface area (Å²) >= 11 is 5.29. The first-order valence-corrected chi connectivity index (χ1v) is 7.03. The number of primary amides is 1. The van der Waals surface area contributed by atoms with Crippen LogP contribution in [0.25, 0.3) is 0 Å². The van der Waals surface area contributed by atoms with Crippen molar-refractivity contribution >= 4 is 28.9 Å². The summed E-state index contributed by atoms with van der Waals surface area (Å²) in [6.45, 7) is 0. The molecule has 1 aliphatic carbocycles. The van der Waals surface area contributed by atoms with Crippen molar-refractivity contribution in [2.24, 2.45) is 5.73 Å². The van der Waals surface area contributed by atoms with E-state index in [2.05, 4.69) is 10.6 Å². The van der Waals surface area contributed by atoms with Crippen LogP contribution in [0.3, 0.4) is 0 Å². The summed E-state index contributed by atoms with van der Waals surface area (Å²) in [4.78, 5) is 11.0. The molecule has 0 radical (unpaired) electrons. The number of benzene rings is 1. The van der Waals surface area contributed by atoms with Gasteiger partial charge in [0.15, 0.2) is 5.11 Å². The van der Waals surface area contributed by atoms with E-state index in [1.807, 2.05) is 0 Å². The lowest BCUT2D eigenvalue weighted by Crippen LogP contribution is -2.38. The molecule has 1 fully saturated rings. The monoisotopic (exact) mass is 277 g/mol. The Balaban J connectivity index is 1.85. The molecule has 1 amide bonds. The van der Waals surface area contributed by atoms with Crippen molar-refractivity contribution in [1.29, 1.82) is 0 Å². The molecule has 19 heavy (non-hydrogen) atoms. The largest absolute Gasteiger partial charge is 0.366 e. The second-order valence-electron chi connectivity index (χ2n) is 4.87. The van der Waals surface area contributed by atoms with E-state index < -0.39 is 5.91 Å². The number of rotatable bonds is 3. The van der Waals surface area contributed by atoms with Crippen molar-refractivity contribution in [2.75, 3.05) is 5.32 Å². The van der Waals surface area contributed by atoms with Gasteiger partial charge in [-0.05, 0) is 49.3 Å². The lowest BCUT2D eigenvalue weighted by Gasteiger charge is -2.24. The van der Waals surface area contributed by atoms with Crippen LogP contribution in [-0.2, 0) is 0 Å². The van der Waals surface area contributed by atoms with Crippen LogP contribution in [0.5, 0.6) is 0 Å². The number of anilines is 1. The maximum atomic E-state index is 11.0. The van der Waals surface area contributed by atoms with Crippen LogP contribution in [0.15, 0.2) is 24.3 Å². The topological polar surface area (TPSA) is 67.2 Å². The lowest BCUT2D eigenvalue weighted by molar-refractivity contribution is 0.100. The molecule has 0 bridgehead atoms. The predicted octanol–water partition coefficient (Wildman–Crippen LogP) is 2.40. The molecule has 0 aromatic heterocycles. The Morgan fingerprint density at radius 2 is 1.79 bits per heavy atom. The Morgan fingerprint density at radius 3 is 2.37 bits per heavy atom. The van der Waals surface area contributed by atoms with Crippen molar-refractivity contribution in [3.63, 3.8) is 0 Å². The van der Waals surface area contributed by atoms with Gasteiger partial charge in [0.05, 0.1) is 0 Å². The Kier molecular flexibility index (Phi) is 4.74. The van der Waals surface area contributed by atoms with Gasteiger partial charge in [0, 0.05) is 17.3 Å². The fraction of sp³-hybridized carbons (Fsp3) is 0.429. The highest BCUT2D eigenvalue weighted by molar-refractivity contribution is 7.80. The van der Waals surface area contributed by atoms with E-state index in [1.165, 1.54) is 32.1 Å². The molecule has 2 rings (SSSR count). The van der Waals surface area contributed by atoms with Gasteiger partial charge >= 0.3 is 0 Å². The molecule has 0 atom stereocenters. The Labute approximate surface area is 118 Å². The standard InChI is InChI=1S/C14H19N3OS/c15-13(18)10-6-8-12(9-7-10)17-14(19)16-11-4-2-1-3-5-11/h6-9,11H,1-5H2,(H2,15,18)(H2,16,17,19). The smallest absolute Gasteiger partial charge is 0.248 e. The van der Waals surface area contributed by atoms with Crippen molar-refractivity contribution in [2.45, 2.75) is 38.1 Å². The van der Waals surface area contributed by atoms with E-state index in [1.54, 1.807) is 24.3 Å². The van der Waals surface area contributed by atoms with Gasteiger partial charge in [0.1, 0.15) is 0 Å². The third-order valence-corrected chi connectivity index (χ3v) is 3.59. The molecule has 5 heteroatoms. The Hall–Kier alpha value is -1.62. The molecular formula is C14H19N3OS. The summed E-state index contributed by atoms with van der Waals surface area (Å²) in [5, 5.41) is 7.09. The van der Waals surface area contributed by atoms with Gasteiger partial charge in [0.2, 0.25) is 5.91 Å². The first kappa shape index (κ1) is 13.8. The number of hydrogen-bond acceptors (Lipinski definition) is 2. The highest BCUT2D eigenvalue weighted by Crippen LogP contribution is 2.17. The summed E-state index contributed by atoms with van der Waals surface area (Å²) in [6.07, 6.45) is 6.24. The molecule has 1 aliphatic rings. The maximum Gasteiger partial charge on any atom is 0.248 e. The zero-order chi connectivity index (χ0) is 13.7. The van der Waals surface area contributed by atoms with Crippen LogP contribution in [0.1, 0.15) is 42.5 Å². The number of thiocarbonyl (C=S) groups is 1. The number of carbonyl (C=O) groups excluding carboxylic acids is 1. The molecule has 4 N–H and O–H groups in total. The number of carbonyl (C=O) groups is 1. The van der Waals surface area contributed by atoms with E-state index in [9.17, 15) is 4.79 Å². The van der Waals surface area contributed by atoms with Crippen LogP contribution >= 0.6 is 12.2 Å². The maximum absolute atomic E-state index is 11.0. The molecule has 0 spiro atoms. The first-order chi connectivity index (χ1) is 9.15. The number of amides is 1. The lowest BCUT2D eigenvalue weighted by atomic mass is 9.96. The number of nitrogens with two attached hydrogens (primary N) is 1. The van der Waals surface area contributed by atoms with Crippen LogP contribution in [0.2, 0.25) is 0 Å². The minimum atomic E-state index is -0.422. The average molecular weight is 277 g/mol. The average Bonchev–Trinajstić information content (AvgIpc) is 2.40. The van der Waals surface area contributed by atoms with E-state index in [4.69, 9.17) is 18.0 Å². The molecule has 102 valence electrons. The van der Waals surface area contributed by atoms with Crippen molar-refractivity contribution in [3.8, 4) is 0 Å². The second kappa shape index (κ2) is 6.52. The first-order valence-electron chi connectivity index (χ1n) is 6.62. The molecule has 0 aliphatic heterocycles. The summed E-state index contributed by atoms with van der Waals surface area (Å²) in [5.74, 6) is -0.422. The fourth-order valence-corrected chi connectivity index (χ4v) is 2.60. The van der Waals surface area contributed by atoms with Gasteiger partial charge < -0.3 is 16.4 Å². The Morgan fingerprint density at radius 1 is 1.16 bits per heavy atom. The molecule has 1 saturated carbocycles.